The fourth-order valence-corrected chi connectivity index (χ4v) is 3.86. The molecule has 1 atom stereocenters. The molecule has 2 N–H and O–H groups in total. The predicted molar refractivity (Wildman–Crippen MR) is 105 cm³/mol. The van der Waals surface area contributed by atoms with Gasteiger partial charge in [0.2, 0.25) is 11.8 Å². The number of primary amides is 1. The summed E-state index contributed by atoms with van der Waals surface area (Å²) in [5.74, 6) is -1.07. The summed E-state index contributed by atoms with van der Waals surface area (Å²) in [5.41, 5.74) is 7.11. The number of rotatable bonds is 6. The van der Waals surface area contributed by atoms with Crippen LogP contribution in [0, 0.1) is 5.82 Å². The standard InChI is InChI=1S/C20H20FN3O2S/c21-15-8-10-16(11-9-15)23-20-24(18(25)13-17(27-20)19(22)26)12-4-7-14-5-2-1-3-6-14/h1-3,5-6,8-11,17H,4,7,12-13H2,(H2,22,26). The van der Waals surface area contributed by atoms with Crippen molar-refractivity contribution >= 4 is 34.4 Å². The van der Waals surface area contributed by atoms with Crippen LogP contribution in [0.5, 0.6) is 0 Å². The van der Waals surface area contributed by atoms with Crippen LogP contribution in [0.1, 0.15) is 18.4 Å². The van der Waals surface area contributed by atoms with E-state index in [1.807, 2.05) is 30.3 Å². The van der Waals surface area contributed by atoms with Gasteiger partial charge in [0.15, 0.2) is 5.17 Å². The molecule has 0 aromatic heterocycles. The molecule has 0 aliphatic carbocycles. The number of aliphatic imine (C=N–C) groups is 1. The van der Waals surface area contributed by atoms with E-state index in [1.165, 1.54) is 41.6 Å². The van der Waals surface area contributed by atoms with E-state index >= 15 is 0 Å². The first-order valence-corrected chi connectivity index (χ1v) is 9.55. The molecule has 2 amide bonds. The number of hydrogen-bond donors (Lipinski definition) is 1. The van der Waals surface area contributed by atoms with E-state index in [0.29, 0.717) is 17.4 Å². The third-order valence-electron chi connectivity index (χ3n) is 4.20. The quantitative estimate of drug-likeness (QED) is 0.829. The molecule has 0 spiro atoms. The van der Waals surface area contributed by atoms with E-state index in [9.17, 15) is 14.0 Å². The van der Waals surface area contributed by atoms with Crippen LogP contribution in [-0.2, 0) is 16.0 Å². The van der Waals surface area contributed by atoms with Gasteiger partial charge in [-0.15, -0.1) is 0 Å². The van der Waals surface area contributed by atoms with Gasteiger partial charge in [-0.1, -0.05) is 42.1 Å². The summed E-state index contributed by atoms with van der Waals surface area (Å²) in [5, 5.41) is -0.211. The number of nitrogens with zero attached hydrogens (tertiary/aromatic N) is 2. The van der Waals surface area contributed by atoms with Gasteiger partial charge in [-0.25, -0.2) is 9.38 Å². The fourth-order valence-electron chi connectivity index (χ4n) is 2.79. The molecule has 1 unspecified atom stereocenters. The van der Waals surface area contributed by atoms with Crippen molar-refractivity contribution in [3.63, 3.8) is 0 Å². The lowest BCUT2D eigenvalue weighted by atomic mass is 10.1. The number of aryl methyl sites for hydroxylation is 1. The molecule has 1 heterocycles. The Morgan fingerprint density at radius 2 is 1.89 bits per heavy atom. The van der Waals surface area contributed by atoms with Crippen molar-refractivity contribution in [3.05, 3.63) is 66.0 Å². The molecule has 0 saturated carbocycles. The molecular weight excluding hydrogens is 365 g/mol. The Morgan fingerprint density at radius 3 is 2.56 bits per heavy atom. The Bertz CT molecular complexity index is 840. The molecule has 1 aliphatic heterocycles. The Morgan fingerprint density at radius 1 is 1.19 bits per heavy atom. The van der Waals surface area contributed by atoms with E-state index in [2.05, 4.69) is 4.99 Å². The summed E-state index contributed by atoms with van der Waals surface area (Å²) in [7, 11) is 0. The number of hydrogen-bond acceptors (Lipinski definition) is 4. The number of amides is 2. The first kappa shape index (κ1) is 19.1. The molecule has 2 aromatic rings. The number of thioether (sulfide) groups is 1. The number of carbonyl (C=O) groups excluding carboxylic acids is 2. The maximum atomic E-state index is 13.1. The van der Waals surface area contributed by atoms with Gasteiger partial charge in [-0.2, -0.15) is 0 Å². The third-order valence-corrected chi connectivity index (χ3v) is 5.40. The van der Waals surface area contributed by atoms with E-state index < -0.39 is 11.2 Å². The number of benzene rings is 2. The van der Waals surface area contributed by atoms with Crippen molar-refractivity contribution in [3.8, 4) is 0 Å². The van der Waals surface area contributed by atoms with Gasteiger partial charge in [0.25, 0.3) is 0 Å². The summed E-state index contributed by atoms with van der Waals surface area (Å²) >= 11 is 1.18. The van der Waals surface area contributed by atoms with Crippen LogP contribution in [0.3, 0.4) is 0 Å². The zero-order chi connectivity index (χ0) is 19.2. The largest absolute Gasteiger partial charge is 0.369 e. The van der Waals surface area contributed by atoms with E-state index in [0.717, 1.165) is 12.8 Å². The fraction of sp³-hybridized carbons (Fsp3) is 0.250. The maximum Gasteiger partial charge on any atom is 0.231 e. The van der Waals surface area contributed by atoms with Crippen LogP contribution in [0.15, 0.2) is 59.6 Å². The molecule has 140 valence electrons. The van der Waals surface area contributed by atoms with E-state index in [-0.39, 0.29) is 18.1 Å². The molecule has 3 rings (SSSR count). The van der Waals surface area contributed by atoms with Crippen LogP contribution in [-0.4, -0.2) is 33.7 Å². The summed E-state index contributed by atoms with van der Waals surface area (Å²) in [6, 6.07) is 15.7. The molecule has 5 nitrogen and oxygen atoms in total. The van der Waals surface area contributed by atoms with Crippen LogP contribution in [0.2, 0.25) is 0 Å². The molecule has 27 heavy (non-hydrogen) atoms. The van der Waals surface area contributed by atoms with Gasteiger partial charge in [0.1, 0.15) is 5.82 Å². The average Bonchev–Trinajstić information content (AvgIpc) is 2.66. The predicted octanol–water partition coefficient (Wildman–Crippen LogP) is 3.27. The Kier molecular flexibility index (Phi) is 6.24. The molecule has 1 aliphatic rings. The lowest BCUT2D eigenvalue weighted by molar-refractivity contribution is -0.129. The van der Waals surface area contributed by atoms with Crippen LogP contribution >= 0.6 is 11.8 Å². The highest BCUT2D eigenvalue weighted by Crippen LogP contribution is 2.29. The normalized spacial score (nSPS) is 18.7. The second kappa shape index (κ2) is 8.81. The van der Waals surface area contributed by atoms with Crippen LogP contribution in [0.25, 0.3) is 0 Å². The van der Waals surface area contributed by atoms with Crippen molar-refractivity contribution in [1.29, 1.82) is 0 Å². The zero-order valence-corrected chi connectivity index (χ0v) is 15.5. The Labute approximate surface area is 161 Å². The number of halogens is 1. The molecule has 2 aromatic carbocycles. The second-order valence-corrected chi connectivity index (χ2v) is 7.39. The van der Waals surface area contributed by atoms with Crippen LogP contribution < -0.4 is 5.73 Å². The van der Waals surface area contributed by atoms with Gasteiger partial charge in [0.05, 0.1) is 10.9 Å². The number of amidine groups is 1. The molecule has 1 fully saturated rings. The van der Waals surface area contributed by atoms with Crippen molar-refractivity contribution in [2.24, 2.45) is 10.7 Å². The smallest absolute Gasteiger partial charge is 0.231 e. The Hall–Kier alpha value is -2.67. The topological polar surface area (TPSA) is 75.8 Å². The maximum absolute atomic E-state index is 13.1. The molecular formula is C20H20FN3O2S. The lowest BCUT2D eigenvalue weighted by Crippen LogP contribution is -2.46. The minimum atomic E-state index is -0.637. The highest BCUT2D eigenvalue weighted by atomic mass is 32.2. The molecule has 0 bridgehead atoms. The third kappa shape index (κ3) is 5.17. The van der Waals surface area contributed by atoms with Crippen molar-refractivity contribution < 1.29 is 14.0 Å². The summed E-state index contributed by atoms with van der Waals surface area (Å²) in [4.78, 5) is 30.2. The minimum Gasteiger partial charge on any atom is -0.369 e. The van der Waals surface area contributed by atoms with E-state index in [4.69, 9.17) is 5.73 Å². The summed E-state index contributed by atoms with van der Waals surface area (Å²) in [6.45, 7) is 0.492. The van der Waals surface area contributed by atoms with Gasteiger partial charge >= 0.3 is 0 Å². The van der Waals surface area contributed by atoms with Gasteiger partial charge in [-0.3, -0.25) is 14.5 Å². The number of carbonyl (C=O) groups is 2. The monoisotopic (exact) mass is 385 g/mol. The number of nitrogens with two attached hydrogens (primary N) is 1. The van der Waals surface area contributed by atoms with Crippen molar-refractivity contribution in [1.82, 2.24) is 4.90 Å². The molecule has 7 heteroatoms. The first-order chi connectivity index (χ1) is 13.0. The average molecular weight is 385 g/mol. The second-order valence-electron chi connectivity index (χ2n) is 6.22. The summed E-state index contributed by atoms with van der Waals surface area (Å²) in [6.07, 6.45) is 1.66. The molecule has 0 radical (unpaired) electrons. The van der Waals surface area contributed by atoms with Crippen molar-refractivity contribution in [2.75, 3.05) is 6.54 Å². The highest BCUT2D eigenvalue weighted by Gasteiger charge is 2.34. The highest BCUT2D eigenvalue weighted by molar-refractivity contribution is 8.15. The van der Waals surface area contributed by atoms with Gasteiger partial charge in [0, 0.05) is 13.0 Å². The van der Waals surface area contributed by atoms with Crippen molar-refractivity contribution in [2.45, 2.75) is 24.5 Å². The Balaban J connectivity index is 1.76. The van der Waals surface area contributed by atoms with Gasteiger partial charge in [-0.05, 0) is 42.7 Å². The summed E-state index contributed by atoms with van der Waals surface area (Å²) < 4.78 is 13.1. The molecule has 1 saturated heterocycles. The van der Waals surface area contributed by atoms with Gasteiger partial charge < -0.3 is 5.73 Å². The van der Waals surface area contributed by atoms with E-state index in [1.54, 1.807) is 4.90 Å². The SMILES string of the molecule is NC(=O)C1CC(=O)N(CCCc2ccccc2)C(=Nc2ccc(F)cc2)S1. The lowest BCUT2D eigenvalue weighted by Gasteiger charge is -2.31. The minimum absolute atomic E-state index is 0.0633. The van der Waals surface area contributed by atoms with Crippen LogP contribution in [0.4, 0.5) is 10.1 Å². The first-order valence-electron chi connectivity index (χ1n) is 8.67. The zero-order valence-electron chi connectivity index (χ0n) is 14.7.